The third-order valence-corrected chi connectivity index (χ3v) is 7.66. The maximum absolute atomic E-state index is 11.1. The van der Waals surface area contributed by atoms with E-state index in [4.69, 9.17) is 0 Å². The third kappa shape index (κ3) is 2.79. The zero-order valence-electron chi connectivity index (χ0n) is 15.4. The van der Waals surface area contributed by atoms with E-state index in [1.807, 2.05) is 0 Å². The summed E-state index contributed by atoms with van der Waals surface area (Å²) < 4.78 is 0. The van der Waals surface area contributed by atoms with Gasteiger partial charge in [0.25, 0.3) is 0 Å². The molecule has 1 heteroatoms. The summed E-state index contributed by atoms with van der Waals surface area (Å²) in [5.41, 5.74) is 1.84. The molecule has 3 aliphatic rings. The molecule has 0 bridgehead atoms. The first-order chi connectivity index (χ1) is 10.2. The fourth-order valence-corrected chi connectivity index (χ4v) is 6.16. The van der Waals surface area contributed by atoms with Gasteiger partial charge in [-0.05, 0) is 87.4 Å². The first-order valence-electron chi connectivity index (χ1n) is 9.56. The second-order valence-electron chi connectivity index (χ2n) is 9.81. The van der Waals surface area contributed by atoms with Crippen LogP contribution in [0.2, 0.25) is 0 Å². The Morgan fingerprint density at radius 3 is 2.36 bits per heavy atom. The first kappa shape index (κ1) is 16.6. The molecule has 3 saturated carbocycles. The van der Waals surface area contributed by atoms with Crippen molar-refractivity contribution in [3.63, 3.8) is 0 Å². The van der Waals surface area contributed by atoms with Crippen LogP contribution in [-0.4, -0.2) is 10.7 Å². The maximum Gasteiger partial charge on any atom is 0.0656 e. The average molecular weight is 305 g/mol. The number of aliphatic hydroxyl groups is 1. The smallest absolute Gasteiger partial charge is 0.0656 e. The van der Waals surface area contributed by atoms with Crippen molar-refractivity contribution in [1.29, 1.82) is 0 Å². The van der Waals surface area contributed by atoms with Gasteiger partial charge in [-0.3, -0.25) is 0 Å². The molecule has 1 N–H and O–H groups in total. The summed E-state index contributed by atoms with van der Waals surface area (Å²) in [6, 6.07) is 0. The van der Waals surface area contributed by atoms with Crippen molar-refractivity contribution >= 4 is 0 Å². The van der Waals surface area contributed by atoms with Gasteiger partial charge in [-0.1, -0.05) is 38.8 Å². The fourth-order valence-electron chi connectivity index (χ4n) is 6.16. The molecule has 22 heavy (non-hydrogen) atoms. The minimum Gasteiger partial charge on any atom is -0.390 e. The van der Waals surface area contributed by atoms with E-state index in [1.54, 1.807) is 5.57 Å². The van der Waals surface area contributed by atoms with Crippen LogP contribution in [-0.2, 0) is 0 Å². The minimum atomic E-state index is -0.487. The standard InChI is InChI=1S/C21H36O/c1-15(16-8-9-16)7-10-18-20(4)13-6-12-19(2,3)17(20)11-14-21(18,5)22/h7,16-18,22H,6,8-14H2,1-5H3/t17-,18+,20-,21+/m0/s1. The van der Waals surface area contributed by atoms with Crippen LogP contribution in [0.15, 0.2) is 11.6 Å². The van der Waals surface area contributed by atoms with Crippen LogP contribution in [0.25, 0.3) is 0 Å². The molecule has 3 aliphatic carbocycles. The number of hydrogen-bond donors (Lipinski definition) is 1. The van der Waals surface area contributed by atoms with Gasteiger partial charge in [0, 0.05) is 0 Å². The van der Waals surface area contributed by atoms with Gasteiger partial charge in [-0.15, -0.1) is 0 Å². The Hall–Kier alpha value is -0.300. The van der Waals surface area contributed by atoms with Crippen molar-refractivity contribution in [2.24, 2.45) is 28.6 Å². The van der Waals surface area contributed by atoms with E-state index in [2.05, 4.69) is 40.7 Å². The van der Waals surface area contributed by atoms with Crippen molar-refractivity contribution in [3.8, 4) is 0 Å². The number of fused-ring (bicyclic) bond motifs is 1. The Kier molecular flexibility index (Phi) is 4.04. The van der Waals surface area contributed by atoms with E-state index < -0.39 is 5.60 Å². The van der Waals surface area contributed by atoms with Crippen molar-refractivity contribution in [1.82, 2.24) is 0 Å². The molecule has 3 fully saturated rings. The highest BCUT2D eigenvalue weighted by Crippen LogP contribution is 2.62. The summed E-state index contributed by atoms with van der Waals surface area (Å²) in [4.78, 5) is 0. The van der Waals surface area contributed by atoms with Crippen molar-refractivity contribution in [2.75, 3.05) is 0 Å². The van der Waals surface area contributed by atoms with Crippen LogP contribution in [0.1, 0.15) is 86.0 Å². The van der Waals surface area contributed by atoms with E-state index in [1.165, 1.54) is 38.5 Å². The molecule has 4 atom stereocenters. The molecule has 0 spiro atoms. The quantitative estimate of drug-likeness (QED) is 0.660. The van der Waals surface area contributed by atoms with Crippen LogP contribution >= 0.6 is 0 Å². The molecule has 0 unspecified atom stereocenters. The molecule has 0 aromatic rings. The molecular formula is C21H36O. The summed E-state index contributed by atoms with van der Waals surface area (Å²) in [6.07, 6.45) is 12.5. The maximum atomic E-state index is 11.1. The van der Waals surface area contributed by atoms with E-state index in [9.17, 15) is 5.11 Å². The normalized spacial score (nSPS) is 45.5. The summed E-state index contributed by atoms with van der Waals surface area (Å²) in [7, 11) is 0. The second kappa shape index (κ2) is 5.36. The highest BCUT2D eigenvalue weighted by Gasteiger charge is 2.57. The highest BCUT2D eigenvalue weighted by molar-refractivity contribution is 5.14. The van der Waals surface area contributed by atoms with Gasteiger partial charge in [0.1, 0.15) is 0 Å². The Labute approximate surface area is 137 Å². The summed E-state index contributed by atoms with van der Waals surface area (Å²) >= 11 is 0. The summed E-state index contributed by atoms with van der Waals surface area (Å²) in [5, 5.41) is 11.1. The van der Waals surface area contributed by atoms with Crippen LogP contribution in [0.3, 0.4) is 0 Å². The van der Waals surface area contributed by atoms with Gasteiger partial charge >= 0.3 is 0 Å². The molecule has 0 heterocycles. The Bertz CT molecular complexity index is 455. The van der Waals surface area contributed by atoms with Crippen molar-refractivity contribution in [2.45, 2.75) is 91.6 Å². The molecule has 0 radical (unpaired) electrons. The lowest BCUT2D eigenvalue weighted by atomic mass is 9.45. The van der Waals surface area contributed by atoms with E-state index in [-0.39, 0.29) is 0 Å². The number of rotatable bonds is 3. The van der Waals surface area contributed by atoms with Gasteiger partial charge in [0.05, 0.1) is 5.60 Å². The topological polar surface area (TPSA) is 20.2 Å². The van der Waals surface area contributed by atoms with Crippen molar-refractivity contribution in [3.05, 3.63) is 11.6 Å². The Morgan fingerprint density at radius 1 is 1.05 bits per heavy atom. The zero-order chi connectivity index (χ0) is 16.2. The van der Waals surface area contributed by atoms with Gasteiger partial charge < -0.3 is 5.11 Å². The monoisotopic (exact) mass is 304 g/mol. The molecule has 0 aromatic carbocycles. The lowest BCUT2D eigenvalue weighted by Crippen LogP contribution is -2.57. The molecule has 1 nitrogen and oxygen atoms in total. The van der Waals surface area contributed by atoms with Gasteiger partial charge in [0.2, 0.25) is 0 Å². The zero-order valence-corrected chi connectivity index (χ0v) is 15.4. The molecule has 0 aliphatic heterocycles. The lowest BCUT2D eigenvalue weighted by molar-refractivity contribution is -0.165. The number of allylic oxidation sites excluding steroid dienone is 2. The SMILES string of the molecule is CC(=CC[C@@H]1[C@@]2(C)CCCC(C)(C)[C@@H]2CC[C@@]1(C)O)C1CC1. The van der Waals surface area contributed by atoms with E-state index >= 15 is 0 Å². The lowest BCUT2D eigenvalue weighted by Gasteiger charge is -2.61. The van der Waals surface area contributed by atoms with Crippen molar-refractivity contribution < 1.29 is 5.11 Å². The van der Waals surface area contributed by atoms with E-state index in [0.717, 1.165) is 24.7 Å². The van der Waals surface area contributed by atoms with Gasteiger partial charge in [-0.2, -0.15) is 0 Å². The summed E-state index contributed by atoms with van der Waals surface area (Å²) in [6.45, 7) is 11.9. The first-order valence-corrected chi connectivity index (χ1v) is 9.56. The molecule has 0 amide bonds. The van der Waals surface area contributed by atoms with Crippen LogP contribution < -0.4 is 0 Å². The fraction of sp³-hybridized carbons (Fsp3) is 0.905. The largest absolute Gasteiger partial charge is 0.390 e. The van der Waals surface area contributed by atoms with Crippen LogP contribution in [0.4, 0.5) is 0 Å². The van der Waals surface area contributed by atoms with Gasteiger partial charge in [-0.25, -0.2) is 0 Å². The second-order valence-corrected chi connectivity index (χ2v) is 9.81. The Morgan fingerprint density at radius 2 is 1.73 bits per heavy atom. The predicted molar refractivity (Wildman–Crippen MR) is 93.7 cm³/mol. The van der Waals surface area contributed by atoms with E-state index in [0.29, 0.717) is 16.7 Å². The minimum absolute atomic E-state index is 0.309. The predicted octanol–water partition coefficient (Wildman–Crippen LogP) is 5.73. The molecule has 0 saturated heterocycles. The number of hydrogen-bond acceptors (Lipinski definition) is 1. The molecular weight excluding hydrogens is 268 g/mol. The molecule has 3 rings (SSSR count). The van der Waals surface area contributed by atoms with Gasteiger partial charge in [0.15, 0.2) is 0 Å². The third-order valence-electron chi connectivity index (χ3n) is 7.66. The highest BCUT2D eigenvalue weighted by atomic mass is 16.3. The van der Waals surface area contributed by atoms with Crippen LogP contribution in [0.5, 0.6) is 0 Å². The summed E-state index contributed by atoms with van der Waals surface area (Å²) in [5.74, 6) is 2.06. The molecule has 126 valence electrons. The molecule has 0 aromatic heterocycles. The Balaban J connectivity index is 1.87. The average Bonchev–Trinajstić information content (AvgIpc) is 3.19. The van der Waals surface area contributed by atoms with Crippen LogP contribution in [0, 0.1) is 28.6 Å².